The highest BCUT2D eigenvalue weighted by molar-refractivity contribution is 9.10. The van der Waals surface area contributed by atoms with Gasteiger partial charge in [0, 0.05) is 17.6 Å². The van der Waals surface area contributed by atoms with Crippen molar-refractivity contribution < 1.29 is 9.47 Å². The molecule has 4 nitrogen and oxygen atoms in total. The number of benzene rings is 1. The van der Waals surface area contributed by atoms with Gasteiger partial charge in [-0.15, -0.1) is 0 Å². The largest absolute Gasteiger partial charge is 0.437 e. The fourth-order valence-corrected chi connectivity index (χ4v) is 2.04. The van der Waals surface area contributed by atoms with Crippen LogP contribution in [-0.2, 0) is 11.3 Å². The monoisotopic (exact) mass is 362 g/mol. The predicted octanol–water partition coefficient (Wildman–Crippen LogP) is 4.48. The Hall–Kier alpha value is -0.880. The molecule has 2 aromatic rings. The molecule has 0 N–H and O–H groups in total. The van der Waals surface area contributed by atoms with Crippen molar-refractivity contribution in [2.75, 3.05) is 7.11 Å². The maximum atomic E-state index is 6.04. The summed E-state index contributed by atoms with van der Waals surface area (Å²) in [5.74, 6) is 1.23. The van der Waals surface area contributed by atoms with Gasteiger partial charge in [0.1, 0.15) is 17.5 Å². The fourth-order valence-electron chi connectivity index (χ4n) is 1.36. The maximum absolute atomic E-state index is 6.04. The highest BCUT2D eigenvalue weighted by atomic mass is 79.9. The molecule has 0 unspecified atom stereocenters. The second kappa shape index (κ2) is 6.52. The molecule has 0 aliphatic heterocycles. The van der Waals surface area contributed by atoms with Crippen LogP contribution in [0.2, 0.25) is 10.2 Å². The molecule has 0 aliphatic carbocycles. The molecule has 0 spiro atoms. The molecule has 0 fully saturated rings. The number of rotatable bonds is 4. The van der Waals surface area contributed by atoms with E-state index in [4.69, 9.17) is 32.7 Å². The Morgan fingerprint density at radius 2 is 2.00 bits per heavy atom. The van der Waals surface area contributed by atoms with E-state index in [0.717, 1.165) is 4.47 Å². The molecule has 100 valence electrons. The molecular weight excluding hydrogens is 355 g/mol. The number of hydrogen-bond donors (Lipinski definition) is 0. The third kappa shape index (κ3) is 4.04. The minimum atomic E-state index is 0.253. The number of hydrogen-bond acceptors (Lipinski definition) is 4. The highest BCUT2D eigenvalue weighted by Crippen LogP contribution is 2.31. The van der Waals surface area contributed by atoms with Gasteiger partial charge in [0.25, 0.3) is 0 Å². The summed E-state index contributed by atoms with van der Waals surface area (Å²) in [4.78, 5) is 8.18. The predicted molar refractivity (Wildman–Crippen MR) is 77.0 cm³/mol. The summed E-state index contributed by atoms with van der Waals surface area (Å²) in [6.45, 7) is 0.253. The normalized spacial score (nSPS) is 10.5. The van der Waals surface area contributed by atoms with Crippen molar-refractivity contribution in [2.45, 2.75) is 6.61 Å². The summed E-state index contributed by atoms with van der Waals surface area (Å²) in [5, 5.41) is 0.759. The van der Waals surface area contributed by atoms with Crippen LogP contribution < -0.4 is 4.74 Å². The van der Waals surface area contributed by atoms with E-state index in [1.165, 1.54) is 6.07 Å². The van der Waals surface area contributed by atoms with Crippen molar-refractivity contribution in [1.29, 1.82) is 0 Å². The summed E-state index contributed by atoms with van der Waals surface area (Å²) in [5.41, 5.74) is 0. The Kier molecular flexibility index (Phi) is 4.99. The lowest BCUT2D eigenvalue weighted by molar-refractivity contribution is 0.177. The number of ether oxygens (including phenoxy) is 2. The quantitative estimate of drug-likeness (QED) is 0.751. The first-order chi connectivity index (χ1) is 9.08. The summed E-state index contributed by atoms with van der Waals surface area (Å²) in [6, 6.07) is 6.80. The summed E-state index contributed by atoms with van der Waals surface area (Å²) in [6.07, 6.45) is 0. The molecule has 1 aromatic heterocycles. The van der Waals surface area contributed by atoms with Gasteiger partial charge in [-0.05, 0) is 18.2 Å². The molecule has 0 radical (unpaired) electrons. The second-order valence-electron chi connectivity index (χ2n) is 3.55. The third-order valence-corrected chi connectivity index (χ3v) is 3.10. The first kappa shape index (κ1) is 14.5. The van der Waals surface area contributed by atoms with Gasteiger partial charge >= 0.3 is 0 Å². The molecule has 0 aliphatic rings. The number of nitrogens with zero attached hydrogens (tertiary/aromatic N) is 2. The topological polar surface area (TPSA) is 44.2 Å². The van der Waals surface area contributed by atoms with Crippen LogP contribution in [0.3, 0.4) is 0 Å². The van der Waals surface area contributed by atoms with Crippen LogP contribution in [0.5, 0.6) is 11.6 Å². The first-order valence-corrected chi connectivity index (χ1v) is 6.78. The van der Waals surface area contributed by atoms with Crippen LogP contribution in [0, 0.1) is 0 Å². The van der Waals surface area contributed by atoms with E-state index in [0.29, 0.717) is 22.5 Å². The molecular formula is C12H9BrCl2N2O2. The van der Waals surface area contributed by atoms with Crippen LogP contribution in [0.1, 0.15) is 5.82 Å². The van der Waals surface area contributed by atoms with Crippen molar-refractivity contribution in [1.82, 2.24) is 9.97 Å². The van der Waals surface area contributed by atoms with Crippen molar-refractivity contribution in [3.05, 3.63) is 44.7 Å². The Bertz CT molecular complexity index is 596. The van der Waals surface area contributed by atoms with E-state index in [2.05, 4.69) is 25.9 Å². The van der Waals surface area contributed by atoms with E-state index in [-0.39, 0.29) is 11.8 Å². The fraction of sp³-hybridized carbons (Fsp3) is 0.167. The van der Waals surface area contributed by atoms with Gasteiger partial charge in [-0.2, -0.15) is 4.98 Å². The van der Waals surface area contributed by atoms with Crippen LogP contribution >= 0.6 is 39.1 Å². The minimum absolute atomic E-state index is 0.253. The first-order valence-electron chi connectivity index (χ1n) is 5.24. The van der Waals surface area contributed by atoms with E-state index >= 15 is 0 Å². The molecule has 2 rings (SSSR count). The Morgan fingerprint density at radius 3 is 2.74 bits per heavy atom. The Morgan fingerprint density at radius 1 is 1.21 bits per heavy atom. The highest BCUT2D eigenvalue weighted by Gasteiger charge is 2.08. The summed E-state index contributed by atoms with van der Waals surface area (Å²) < 4.78 is 11.4. The van der Waals surface area contributed by atoms with Gasteiger partial charge < -0.3 is 9.47 Å². The molecule has 0 bridgehead atoms. The number of halogens is 3. The van der Waals surface area contributed by atoms with Crippen LogP contribution in [0.4, 0.5) is 0 Å². The van der Waals surface area contributed by atoms with Crippen LogP contribution in [0.25, 0.3) is 0 Å². The Labute approximate surface area is 128 Å². The van der Waals surface area contributed by atoms with Gasteiger partial charge in [0.15, 0.2) is 5.82 Å². The summed E-state index contributed by atoms with van der Waals surface area (Å²) in [7, 11) is 1.55. The van der Waals surface area contributed by atoms with Gasteiger partial charge in [0.05, 0.1) is 5.02 Å². The average Bonchev–Trinajstić information content (AvgIpc) is 2.33. The smallest absolute Gasteiger partial charge is 0.224 e. The standard InChI is InChI=1S/C12H9BrCl2N2O2/c1-18-6-11-16-10(15)5-12(17-11)19-9-4-7(13)2-3-8(9)14/h2-5H,6H2,1H3. The number of methoxy groups -OCH3 is 1. The van der Waals surface area contributed by atoms with E-state index in [9.17, 15) is 0 Å². The van der Waals surface area contributed by atoms with Gasteiger partial charge in [-0.1, -0.05) is 39.1 Å². The van der Waals surface area contributed by atoms with Crippen molar-refractivity contribution in [2.24, 2.45) is 0 Å². The Balaban J connectivity index is 2.29. The SMILES string of the molecule is COCc1nc(Cl)cc(Oc2cc(Br)ccc2Cl)n1. The van der Waals surface area contributed by atoms with Crippen molar-refractivity contribution in [3.63, 3.8) is 0 Å². The molecule has 19 heavy (non-hydrogen) atoms. The van der Waals surface area contributed by atoms with Gasteiger partial charge in [-0.3, -0.25) is 0 Å². The van der Waals surface area contributed by atoms with Crippen LogP contribution in [-0.4, -0.2) is 17.1 Å². The summed E-state index contributed by atoms with van der Waals surface area (Å²) >= 11 is 15.3. The van der Waals surface area contributed by atoms with E-state index in [1.807, 2.05) is 6.07 Å². The van der Waals surface area contributed by atoms with Gasteiger partial charge in [0.2, 0.25) is 5.88 Å². The number of aromatic nitrogens is 2. The zero-order chi connectivity index (χ0) is 13.8. The maximum Gasteiger partial charge on any atom is 0.224 e. The lowest BCUT2D eigenvalue weighted by Crippen LogP contribution is -1.99. The van der Waals surface area contributed by atoms with Crippen molar-refractivity contribution >= 4 is 39.1 Å². The lowest BCUT2D eigenvalue weighted by atomic mass is 10.3. The zero-order valence-electron chi connectivity index (χ0n) is 9.86. The lowest BCUT2D eigenvalue weighted by Gasteiger charge is -2.08. The van der Waals surface area contributed by atoms with E-state index in [1.54, 1.807) is 19.2 Å². The zero-order valence-corrected chi connectivity index (χ0v) is 13.0. The minimum Gasteiger partial charge on any atom is -0.437 e. The molecule has 7 heteroatoms. The molecule has 0 amide bonds. The molecule has 0 atom stereocenters. The molecule has 0 saturated heterocycles. The van der Waals surface area contributed by atoms with Crippen molar-refractivity contribution in [3.8, 4) is 11.6 Å². The molecule has 0 saturated carbocycles. The third-order valence-electron chi connectivity index (χ3n) is 2.10. The average molecular weight is 364 g/mol. The van der Waals surface area contributed by atoms with Crippen LogP contribution in [0.15, 0.2) is 28.7 Å². The van der Waals surface area contributed by atoms with Gasteiger partial charge in [-0.25, -0.2) is 4.98 Å². The van der Waals surface area contributed by atoms with E-state index < -0.39 is 0 Å². The molecule has 1 aromatic carbocycles. The molecule has 1 heterocycles. The second-order valence-corrected chi connectivity index (χ2v) is 5.27.